The van der Waals surface area contributed by atoms with E-state index in [2.05, 4.69) is 30.6 Å². The van der Waals surface area contributed by atoms with E-state index in [4.69, 9.17) is 4.52 Å². The number of H-pyrrole nitrogens is 1. The highest BCUT2D eigenvalue weighted by molar-refractivity contribution is 7.13. The van der Waals surface area contributed by atoms with E-state index in [0.29, 0.717) is 30.4 Å². The van der Waals surface area contributed by atoms with Crippen LogP contribution < -0.4 is 5.32 Å². The molecule has 3 aromatic rings. The Morgan fingerprint density at radius 3 is 3.00 bits per heavy atom. The molecule has 0 aliphatic rings. The number of hydrogen-bond acceptors (Lipinski definition) is 7. The molecule has 2 N–H and O–H groups in total. The Labute approximate surface area is 142 Å². The van der Waals surface area contributed by atoms with Gasteiger partial charge in [0.15, 0.2) is 5.82 Å². The molecule has 0 bridgehead atoms. The van der Waals surface area contributed by atoms with E-state index < -0.39 is 0 Å². The highest BCUT2D eigenvalue weighted by Crippen LogP contribution is 2.21. The maximum atomic E-state index is 12.1. The molecule has 1 atom stereocenters. The first kappa shape index (κ1) is 16.3. The molecule has 0 fully saturated rings. The van der Waals surface area contributed by atoms with Gasteiger partial charge in [-0.2, -0.15) is 10.1 Å². The summed E-state index contributed by atoms with van der Waals surface area (Å²) in [6.07, 6.45) is 1.38. The zero-order valence-electron chi connectivity index (χ0n) is 13.4. The van der Waals surface area contributed by atoms with Crippen molar-refractivity contribution in [2.75, 3.05) is 0 Å². The van der Waals surface area contributed by atoms with Crippen molar-refractivity contribution in [3.05, 3.63) is 35.1 Å². The van der Waals surface area contributed by atoms with Crippen LogP contribution in [0, 0.1) is 6.92 Å². The van der Waals surface area contributed by atoms with Crippen LogP contribution in [0.1, 0.15) is 43.3 Å². The van der Waals surface area contributed by atoms with E-state index in [1.807, 2.05) is 31.4 Å². The Bertz CT molecular complexity index is 795. The minimum atomic E-state index is -0.202. The third-order valence-corrected chi connectivity index (χ3v) is 4.31. The van der Waals surface area contributed by atoms with E-state index >= 15 is 0 Å². The van der Waals surface area contributed by atoms with Crippen molar-refractivity contribution in [2.24, 2.45) is 0 Å². The molecule has 9 heteroatoms. The van der Waals surface area contributed by atoms with Crippen molar-refractivity contribution in [3.8, 4) is 10.7 Å². The molecule has 0 saturated heterocycles. The lowest BCUT2D eigenvalue weighted by atomic mass is 10.2. The molecule has 0 saturated carbocycles. The van der Waals surface area contributed by atoms with Crippen molar-refractivity contribution in [1.29, 1.82) is 0 Å². The number of aryl methyl sites for hydroxylation is 2. The van der Waals surface area contributed by atoms with Gasteiger partial charge in [0.05, 0.1) is 10.9 Å². The Hall–Kier alpha value is -2.55. The number of thiophene rings is 1. The molecule has 1 amide bonds. The van der Waals surface area contributed by atoms with E-state index in [0.717, 1.165) is 10.7 Å². The molecule has 24 heavy (non-hydrogen) atoms. The molecule has 3 rings (SSSR count). The highest BCUT2D eigenvalue weighted by Gasteiger charge is 2.18. The monoisotopic (exact) mass is 346 g/mol. The summed E-state index contributed by atoms with van der Waals surface area (Å²) in [6, 6.07) is 3.66. The summed E-state index contributed by atoms with van der Waals surface area (Å²) in [5, 5.41) is 15.7. The van der Waals surface area contributed by atoms with Crippen LogP contribution in [0.2, 0.25) is 0 Å². The molecule has 0 unspecified atom stereocenters. The van der Waals surface area contributed by atoms with E-state index in [1.54, 1.807) is 11.3 Å². The molecule has 3 heterocycles. The average molecular weight is 346 g/mol. The maximum absolute atomic E-state index is 12.1. The van der Waals surface area contributed by atoms with Crippen LogP contribution in [0.4, 0.5) is 0 Å². The summed E-state index contributed by atoms with van der Waals surface area (Å²) in [4.78, 5) is 21.7. The molecule has 3 aromatic heterocycles. The second-order valence-corrected chi connectivity index (χ2v) is 6.24. The van der Waals surface area contributed by atoms with Gasteiger partial charge in [0.1, 0.15) is 5.82 Å². The van der Waals surface area contributed by atoms with E-state index in [-0.39, 0.29) is 18.4 Å². The van der Waals surface area contributed by atoms with Gasteiger partial charge < -0.3 is 9.84 Å². The normalized spacial score (nSPS) is 12.2. The van der Waals surface area contributed by atoms with Gasteiger partial charge >= 0.3 is 0 Å². The van der Waals surface area contributed by atoms with Gasteiger partial charge in [-0.3, -0.25) is 9.89 Å². The van der Waals surface area contributed by atoms with Gasteiger partial charge in [0.25, 0.3) is 0 Å². The van der Waals surface area contributed by atoms with Crippen LogP contribution >= 0.6 is 11.3 Å². The SMILES string of the molecule is CC[C@H](NC(=O)CCc1nc(-c2cccs2)no1)c1n[nH]c(C)n1. The molecular weight excluding hydrogens is 328 g/mol. The van der Waals surface area contributed by atoms with Crippen molar-refractivity contribution >= 4 is 17.2 Å². The predicted molar refractivity (Wildman–Crippen MR) is 88.2 cm³/mol. The smallest absolute Gasteiger partial charge is 0.227 e. The molecular formula is C15H18N6O2S. The Kier molecular flexibility index (Phi) is 4.99. The molecule has 0 spiro atoms. The van der Waals surface area contributed by atoms with Crippen LogP contribution in [0.25, 0.3) is 10.7 Å². The van der Waals surface area contributed by atoms with Gasteiger partial charge in [-0.25, -0.2) is 4.98 Å². The van der Waals surface area contributed by atoms with Gasteiger partial charge in [-0.15, -0.1) is 11.3 Å². The number of carbonyl (C=O) groups excluding carboxylic acids is 1. The second-order valence-electron chi connectivity index (χ2n) is 5.30. The number of rotatable bonds is 7. The third-order valence-electron chi connectivity index (χ3n) is 3.45. The summed E-state index contributed by atoms with van der Waals surface area (Å²) in [5.41, 5.74) is 0. The number of hydrogen-bond donors (Lipinski definition) is 2. The lowest BCUT2D eigenvalue weighted by Gasteiger charge is -2.13. The molecule has 8 nitrogen and oxygen atoms in total. The topological polar surface area (TPSA) is 110 Å². The summed E-state index contributed by atoms with van der Waals surface area (Å²) in [6.45, 7) is 3.80. The minimum absolute atomic E-state index is 0.0971. The summed E-state index contributed by atoms with van der Waals surface area (Å²) in [7, 11) is 0. The standard InChI is InChI=1S/C15H18N6O2S/c1-3-10(14-16-9(2)19-20-14)17-12(22)6-7-13-18-15(21-23-13)11-5-4-8-24-11/h4-5,8,10H,3,6-7H2,1-2H3,(H,17,22)(H,16,19,20)/t10-/m0/s1. The van der Waals surface area contributed by atoms with Crippen LogP contribution in [0.3, 0.4) is 0 Å². The lowest BCUT2D eigenvalue weighted by molar-refractivity contribution is -0.122. The van der Waals surface area contributed by atoms with Gasteiger partial charge in [0.2, 0.25) is 17.6 Å². The first-order valence-electron chi connectivity index (χ1n) is 7.70. The van der Waals surface area contributed by atoms with E-state index in [1.165, 1.54) is 0 Å². The number of amides is 1. The van der Waals surface area contributed by atoms with Crippen molar-refractivity contribution < 1.29 is 9.32 Å². The average Bonchev–Trinajstić information content (AvgIpc) is 3.31. The third kappa shape index (κ3) is 3.85. The number of aromatic nitrogens is 5. The fraction of sp³-hybridized carbons (Fsp3) is 0.400. The quantitative estimate of drug-likeness (QED) is 0.680. The lowest BCUT2D eigenvalue weighted by Crippen LogP contribution is -2.29. The number of carbonyl (C=O) groups is 1. The van der Waals surface area contributed by atoms with Crippen LogP contribution in [-0.4, -0.2) is 31.2 Å². The largest absolute Gasteiger partial charge is 0.346 e. The fourth-order valence-electron chi connectivity index (χ4n) is 2.21. The van der Waals surface area contributed by atoms with Crippen molar-refractivity contribution in [1.82, 2.24) is 30.6 Å². The molecule has 0 aliphatic carbocycles. The Balaban J connectivity index is 1.53. The molecule has 0 radical (unpaired) electrons. The fourth-order valence-corrected chi connectivity index (χ4v) is 2.86. The summed E-state index contributed by atoms with van der Waals surface area (Å²) < 4.78 is 5.19. The summed E-state index contributed by atoms with van der Waals surface area (Å²) >= 11 is 1.54. The van der Waals surface area contributed by atoms with E-state index in [9.17, 15) is 4.79 Å². The highest BCUT2D eigenvalue weighted by atomic mass is 32.1. The molecule has 126 valence electrons. The number of nitrogens with one attached hydrogen (secondary N) is 2. The first-order chi connectivity index (χ1) is 11.7. The van der Waals surface area contributed by atoms with Crippen molar-refractivity contribution in [3.63, 3.8) is 0 Å². The van der Waals surface area contributed by atoms with Gasteiger partial charge in [0, 0.05) is 12.8 Å². The molecule has 0 aromatic carbocycles. The second kappa shape index (κ2) is 7.35. The van der Waals surface area contributed by atoms with Crippen LogP contribution in [-0.2, 0) is 11.2 Å². The Morgan fingerprint density at radius 1 is 1.46 bits per heavy atom. The molecule has 0 aliphatic heterocycles. The first-order valence-corrected chi connectivity index (χ1v) is 8.58. The number of aromatic amines is 1. The van der Waals surface area contributed by atoms with Gasteiger partial charge in [-0.05, 0) is 24.8 Å². The van der Waals surface area contributed by atoms with Crippen LogP contribution in [0.5, 0.6) is 0 Å². The van der Waals surface area contributed by atoms with Crippen LogP contribution in [0.15, 0.2) is 22.0 Å². The summed E-state index contributed by atoms with van der Waals surface area (Å²) in [5.74, 6) is 2.24. The zero-order chi connectivity index (χ0) is 16.9. The maximum Gasteiger partial charge on any atom is 0.227 e. The Morgan fingerprint density at radius 2 is 2.33 bits per heavy atom. The van der Waals surface area contributed by atoms with Crippen molar-refractivity contribution in [2.45, 2.75) is 39.2 Å². The predicted octanol–water partition coefficient (Wildman–Crippen LogP) is 2.42. The number of nitrogens with zero attached hydrogens (tertiary/aromatic N) is 4. The van der Waals surface area contributed by atoms with Gasteiger partial charge in [-0.1, -0.05) is 18.1 Å². The minimum Gasteiger partial charge on any atom is -0.346 e. The zero-order valence-corrected chi connectivity index (χ0v) is 14.3.